The molecule has 1 N–H and O–H groups in total. The molecule has 2 aromatic rings. The van der Waals surface area contributed by atoms with Crippen LogP contribution >= 0.6 is 12.4 Å². The van der Waals surface area contributed by atoms with Crippen LogP contribution in [-0.2, 0) is 0 Å². The lowest BCUT2D eigenvalue weighted by Gasteiger charge is -2.24. The Morgan fingerprint density at radius 2 is 2.00 bits per heavy atom. The lowest BCUT2D eigenvalue weighted by atomic mass is 10.1. The Balaban J connectivity index is 0.00000225. The number of rotatable bonds is 3. The maximum Gasteiger partial charge on any atom is 0.275 e. The molecule has 1 aliphatic heterocycles. The second kappa shape index (κ2) is 8.25. The van der Waals surface area contributed by atoms with Gasteiger partial charge in [-0.1, -0.05) is 0 Å². The van der Waals surface area contributed by atoms with Gasteiger partial charge >= 0.3 is 0 Å². The van der Waals surface area contributed by atoms with Crippen LogP contribution in [0.2, 0.25) is 0 Å². The molecular formula is C16H15ClN6O2. The average Bonchev–Trinajstić information content (AvgIpc) is 2.63. The summed E-state index contributed by atoms with van der Waals surface area (Å²) in [7, 11) is 0. The van der Waals surface area contributed by atoms with E-state index in [1.165, 1.54) is 18.3 Å². The molecule has 0 spiro atoms. The molecule has 0 bridgehead atoms. The van der Waals surface area contributed by atoms with Gasteiger partial charge in [0, 0.05) is 0 Å². The first kappa shape index (κ1) is 18.4. The molecule has 1 aliphatic rings. The van der Waals surface area contributed by atoms with E-state index in [9.17, 15) is 10.1 Å². The van der Waals surface area contributed by atoms with E-state index in [1.807, 2.05) is 12.1 Å². The molecule has 8 nitrogen and oxygen atoms in total. The molecule has 0 radical (unpaired) electrons. The van der Waals surface area contributed by atoms with Gasteiger partial charge in [-0.25, -0.2) is 4.98 Å². The predicted molar refractivity (Wildman–Crippen MR) is 90.8 cm³/mol. The molecule has 9 heteroatoms. The standard InChI is InChI=1S/C16H14N6O2.ClH/c17-8-11-1-2-12(10-20-11)22-16(23)7-15(14(9-18)21-22)24-13-3-5-19-6-4-13;/h1-2,7,10,13,19H,3-6H2;1H. The molecule has 2 aromatic heterocycles. The first-order valence-corrected chi connectivity index (χ1v) is 7.49. The largest absolute Gasteiger partial charge is 0.487 e. The van der Waals surface area contributed by atoms with E-state index < -0.39 is 5.56 Å². The topological polar surface area (TPSA) is 117 Å². The van der Waals surface area contributed by atoms with Gasteiger partial charge in [0.15, 0.2) is 5.75 Å². The van der Waals surface area contributed by atoms with Crippen molar-refractivity contribution in [2.24, 2.45) is 0 Å². The quantitative estimate of drug-likeness (QED) is 0.867. The van der Waals surface area contributed by atoms with Crippen molar-refractivity contribution in [3.05, 3.63) is 46.1 Å². The van der Waals surface area contributed by atoms with E-state index in [0.29, 0.717) is 5.69 Å². The van der Waals surface area contributed by atoms with Crippen molar-refractivity contribution < 1.29 is 4.74 Å². The molecule has 1 saturated heterocycles. The number of halogens is 1. The molecule has 0 atom stereocenters. The third-order valence-corrected chi connectivity index (χ3v) is 3.69. The minimum absolute atomic E-state index is 0. The third kappa shape index (κ3) is 4.13. The maximum absolute atomic E-state index is 12.3. The van der Waals surface area contributed by atoms with Crippen molar-refractivity contribution in [3.8, 4) is 23.6 Å². The van der Waals surface area contributed by atoms with Crippen LogP contribution in [0.4, 0.5) is 0 Å². The van der Waals surface area contributed by atoms with E-state index in [1.54, 1.807) is 6.07 Å². The Kier molecular flexibility index (Phi) is 6.07. The van der Waals surface area contributed by atoms with E-state index in [0.717, 1.165) is 30.6 Å². The Hall–Kier alpha value is -2.94. The van der Waals surface area contributed by atoms with Crippen molar-refractivity contribution >= 4 is 12.4 Å². The second-order valence-electron chi connectivity index (χ2n) is 5.30. The minimum Gasteiger partial charge on any atom is -0.487 e. The molecule has 3 rings (SSSR count). The van der Waals surface area contributed by atoms with Crippen LogP contribution in [-0.4, -0.2) is 34.0 Å². The van der Waals surface area contributed by atoms with Crippen molar-refractivity contribution in [2.45, 2.75) is 18.9 Å². The summed E-state index contributed by atoms with van der Waals surface area (Å²) in [5.41, 5.74) is 0.226. The number of hydrogen-bond acceptors (Lipinski definition) is 7. The van der Waals surface area contributed by atoms with Gasteiger partial charge in [-0.05, 0) is 38.1 Å². The summed E-state index contributed by atoms with van der Waals surface area (Å²) in [4.78, 5) is 16.2. The molecule has 1 fully saturated rings. The SMILES string of the molecule is Cl.N#Cc1ccc(-n2nc(C#N)c(OC3CCNCC3)cc2=O)cn1. The molecule has 0 amide bonds. The lowest BCUT2D eigenvalue weighted by molar-refractivity contribution is 0.160. The Bertz CT molecular complexity index is 875. The molecule has 0 aromatic carbocycles. The zero-order valence-corrected chi connectivity index (χ0v) is 14.0. The number of aromatic nitrogens is 3. The molecule has 0 unspecified atom stereocenters. The third-order valence-electron chi connectivity index (χ3n) is 3.69. The Morgan fingerprint density at radius 3 is 2.60 bits per heavy atom. The highest BCUT2D eigenvalue weighted by molar-refractivity contribution is 5.85. The lowest BCUT2D eigenvalue weighted by Crippen LogP contribution is -2.34. The number of nitrogens with one attached hydrogen (secondary N) is 1. The summed E-state index contributed by atoms with van der Waals surface area (Å²) in [5, 5.41) is 25.4. The highest BCUT2D eigenvalue weighted by atomic mass is 35.5. The number of nitrogens with zero attached hydrogens (tertiary/aromatic N) is 5. The van der Waals surface area contributed by atoms with Crippen LogP contribution in [0.3, 0.4) is 0 Å². The maximum atomic E-state index is 12.3. The highest BCUT2D eigenvalue weighted by Gasteiger charge is 2.18. The number of hydrogen-bond donors (Lipinski definition) is 1. The monoisotopic (exact) mass is 358 g/mol. The van der Waals surface area contributed by atoms with Crippen molar-refractivity contribution in [1.82, 2.24) is 20.1 Å². The molecule has 25 heavy (non-hydrogen) atoms. The second-order valence-corrected chi connectivity index (χ2v) is 5.30. The van der Waals surface area contributed by atoms with Gasteiger partial charge in [0.2, 0.25) is 5.69 Å². The fraction of sp³-hybridized carbons (Fsp3) is 0.312. The van der Waals surface area contributed by atoms with Crippen LogP contribution in [0.5, 0.6) is 5.75 Å². The number of pyridine rings is 1. The first-order valence-electron chi connectivity index (χ1n) is 7.49. The van der Waals surface area contributed by atoms with Crippen molar-refractivity contribution in [2.75, 3.05) is 13.1 Å². The van der Waals surface area contributed by atoms with Crippen molar-refractivity contribution in [3.63, 3.8) is 0 Å². The van der Waals surface area contributed by atoms with Crippen LogP contribution < -0.4 is 15.6 Å². The van der Waals surface area contributed by atoms with Crippen LogP contribution in [0.15, 0.2) is 29.2 Å². The summed E-state index contributed by atoms with van der Waals surface area (Å²) in [6.07, 6.45) is 2.95. The first-order chi connectivity index (χ1) is 11.7. The predicted octanol–water partition coefficient (Wildman–Crippen LogP) is 0.923. The van der Waals surface area contributed by atoms with E-state index >= 15 is 0 Å². The molecule has 0 saturated carbocycles. The zero-order chi connectivity index (χ0) is 16.9. The number of piperidine rings is 1. The van der Waals surface area contributed by atoms with Crippen LogP contribution in [0.25, 0.3) is 5.69 Å². The van der Waals surface area contributed by atoms with Crippen LogP contribution in [0.1, 0.15) is 24.2 Å². The minimum atomic E-state index is -0.426. The van der Waals surface area contributed by atoms with Gasteiger partial charge < -0.3 is 10.1 Å². The molecular weight excluding hydrogens is 344 g/mol. The molecule has 0 aliphatic carbocycles. The highest BCUT2D eigenvalue weighted by Crippen LogP contribution is 2.18. The normalized spacial score (nSPS) is 14.0. The summed E-state index contributed by atoms with van der Waals surface area (Å²) in [5.74, 6) is 0.201. The summed E-state index contributed by atoms with van der Waals surface area (Å²) >= 11 is 0. The number of nitriles is 2. The van der Waals surface area contributed by atoms with Crippen LogP contribution in [0, 0.1) is 22.7 Å². The molecule has 3 heterocycles. The van der Waals surface area contributed by atoms with Gasteiger partial charge in [0.05, 0.1) is 18.0 Å². The van der Waals surface area contributed by atoms with Gasteiger partial charge in [-0.2, -0.15) is 15.2 Å². The summed E-state index contributed by atoms with van der Waals surface area (Å²) < 4.78 is 6.86. The summed E-state index contributed by atoms with van der Waals surface area (Å²) in [6.45, 7) is 1.68. The van der Waals surface area contributed by atoms with Gasteiger partial charge in [-0.15, -0.1) is 17.5 Å². The van der Waals surface area contributed by atoms with Crippen molar-refractivity contribution in [1.29, 1.82) is 10.5 Å². The van der Waals surface area contributed by atoms with E-state index in [2.05, 4.69) is 15.4 Å². The fourth-order valence-corrected chi connectivity index (χ4v) is 2.46. The van der Waals surface area contributed by atoms with E-state index in [4.69, 9.17) is 10.00 Å². The molecule has 128 valence electrons. The Labute approximate surface area is 150 Å². The average molecular weight is 359 g/mol. The van der Waals surface area contributed by atoms with Gasteiger partial charge in [-0.3, -0.25) is 4.79 Å². The van der Waals surface area contributed by atoms with E-state index in [-0.39, 0.29) is 35.6 Å². The zero-order valence-electron chi connectivity index (χ0n) is 13.2. The number of ether oxygens (including phenoxy) is 1. The fourth-order valence-electron chi connectivity index (χ4n) is 2.46. The smallest absolute Gasteiger partial charge is 0.275 e. The van der Waals surface area contributed by atoms with Gasteiger partial charge in [0.25, 0.3) is 5.56 Å². The summed E-state index contributed by atoms with van der Waals surface area (Å²) in [6, 6.07) is 8.16. The van der Waals surface area contributed by atoms with Gasteiger partial charge in [0.1, 0.15) is 23.9 Å². The Morgan fingerprint density at radius 1 is 1.24 bits per heavy atom.